The number of nitrogens with zero attached hydrogens (tertiary/aromatic N) is 2. The molecule has 0 aliphatic carbocycles. The first-order valence-corrected chi connectivity index (χ1v) is 4.87. The smallest absolute Gasteiger partial charge is 0.370 e. The van der Waals surface area contributed by atoms with Crippen molar-refractivity contribution >= 4 is 5.97 Å². The van der Waals surface area contributed by atoms with E-state index in [0.717, 1.165) is 11.1 Å². The molecule has 0 bridgehead atoms. The second kappa shape index (κ2) is 4.53. The Kier molecular flexibility index (Phi) is 2.91. The van der Waals surface area contributed by atoms with Crippen LogP contribution in [0.2, 0.25) is 0 Å². The number of aromatic nitrogens is 2. The van der Waals surface area contributed by atoms with Crippen LogP contribution in [0.15, 0.2) is 49.1 Å². The lowest BCUT2D eigenvalue weighted by Gasteiger charge is -1.99. The summed E-state index contributed by atoms with van der Waals surface area (Å²) in [6, 6.07) is 7.60. The molecule has 2 aromatic heterocycles. The molecule has 0 spiro atoms. The Labute approximate surface area is 92.8 Å². The lowest BCUT2D eigenvalue weighted by Crippen LogP contribution is -2.36. The van der Waals surface area contributed by atoms with Crippen LogP contribution in [-0.2, 0) is 11.3 Å². The van der Waals surface area contributed by atoms with Gasteiger partial charge in [0.25, 0.3) is 0 Å². The number of carboxylic acids is 1. The lowest BCUT2D eigenvalue weighted by molar-refractivity contribution is -0.685. The molecule has 2 aromatic rings. The molecule has 0 saturated heterocycles. The van der Waals surface area contributed by atoms with E-state index in [1.807, 2.05) is 24.3 Å². The van der Waals surface area contributed by atoms with Gasteiger partial charge in [-0.25, -0.2) is 4.79 Å². The van der Waals surface area contributed by atoms with E-state index in [1.54, 1.807) is 29.4 Å². The molecule has 0 unspecified atom stereocenters. The van der Waals surface area contributed by atoms with Crippen LogP contribution in [0.3, 0.4) is 0 Å². The van der Waals surface area contributed by atoms with Crippen molar-refractivity contribution in [2.75, 3.05) is 0 Å². The van der Waals surface area contributed by atoms with Crippen molar-refractivity contribution in [2.24, 2.45) is 0 Å². The lowest BCUT2D eigenvalue weighted by atomic mass is 10.1. The monoisotopic (exact) mass is 215 g/mol. The zero-order chi connectivity index (χ0) is 11.4. The number of carbonyl (C=O) groups is 1. The molecular weight excluding hydrogens is 204 g/mol. The summed E-state index contributed by atoms with van der Waals surface area (Å²) in [6.07, 6.45) is 6.97. The first-order valence-electron chi connectivity index (χ1n) is 4.87. The van der Waals surface area contributed by atoms with Crippen molar-refractivity contribution in [3.05, 3.63) is 49.1 Å². The average Bonchev–Trinajstić information content (AvgIpc) is 2.30. The number of carboxylic acid groups (broad SMARTS) is 1. The Morgan fingerprint density at radius 2 is 1.69 bits per heavy atom. The summed E-state index contributed by atoms with van der Waals surface area (Å²) in [5.74, 6) is -0.846. The second-order valence-corrected chi connectivity index (χ2v) is 3.39. The molecule has 4 heteroatoms. The van der Waals surface area contributed by atoms with Gasteiger partial charge in [-0.2, -0.15) is 4.57 Å². The number of hydrogen-bond acceptors (Lipinski definition) is 2. The van der Waals surface area contributed by atoms with Crippen LogP contribution in [0.4, 0.5) is 0 Å². The van der Waals surface area contributed by atoms with Gasteiger partial charge < -0.3 is 5.11 Å². The number of aliphatic carboxylic acids is 1. The van der Waals surface area contributed by atoms with E-state index in [-0.39, 0.29) is 6.54 Å². The normalized spacial score (nSPS) is 10.0. The second-order valence-electron chi connectivity index (χ2n) is 3.39. The van der Waals surface area contributed by atoms with Gasteiger partial charge in [0.05, 0.1) is 0 Å². The Bertz CT molecular complexity index is 480. The van der Waals surface area contributed by atoms with Crippen LogP contribution in [0, 0.1) is 0 Å². The molecule has 0 aromatic carbocycles. The highest BCUT2D eigenvalue weighted by Gasteiger charge is 2.06. The molecule has 0 radical (unpaired) electrons. The van der Waals surface area contributed by atoms with Gasteiger partial charge in [0.15, 0.2) is 12.4 Å². The summed E-state index contributed by atoms with van der Waals surface area (Å²) in [7, 11) is 0. The van der Waals surface area contributed by atoms with E-state index in [4.69, 9.17) is 5.11 Å². The molecule has 0 aliphatic heterocycles. The maximum Gasteiger partial charge on any atom is 0.370 e. The standard InChI is InChI=1S/C12H10N2O2/c15-12(16)9-14-7-3-11(4-8-14)10-1-5-13-6-2-10/h1-8H,9H2/p+1. The Morgan fingerprint density at radius 3 is 2.25 bits per heavy atom. The Balaban J connectivity index is 2.23. The van der Waals surface area contributed by atoms with Crippen molar-refractivity contribution in [2.45, 2.75) is 6.54 Å². The summed E-state index contributed by atoms with van der Waals surface area (Å²) < 4.78 is 1.62. The van der Waals surface area contributed by atoms with E-state index in [2.05, 4.69) is 4.98 Å². The molecule has 0 amide bonds. The number of rotatable bonds is 3. The molecule has 2 heterocycles. The fourth-order valence-corrected chi connectivity index (χ4v) is 1.46. The van der Waals surface area contributed by atoms with E-state index in [0.29, 0.717) is 0 Å². The van der Waals surface area contributed by atoms with Crippen molar-refractivity contribution < 1.29 is 14.5 Å². The van der Waals surface area contributed by atoms with E-state index in [1.165, 1.54) is 0 Å². The molecule has 80 valence electrons. The highest BCUT2D eigenvalue weighted by molar-refractivity contribution is 5.65. The van der Waals surface area contributed by atoms with E-state index < -0.39 is 5.97 Å². The predicted molar refractivity (Wildman–Crippen MR) is 57.5 cm³/mol. The number of hydrogen-bond donors (Lipinski definition) is 1. The Morgan fingerprint density at radius 1 is 1.12 bits per heavy atom. The van der Waals surface area contributed by atoms with E-state index >= 15 is 0 Å². The fourth-order valence-electron chi connectivity index (χ4n) is 1.46. The molecule has 0 atom stereocenters. The fraction of sp³-hybridized carbons (Fsp3) is 0.0833. The van der Waals surface area contributed by atoms with Crippen LogP contribution < -0.4 is 4.57 Å². The first-order chi connectivity index (χ1) is 7.75. The molecule has 0 aliphatic rings. The molecule has 4 nitrogen and oxygen atoms in total. The maximum atomic E-state index is 10.5. The average molecular weight is 215 g/mol. The number of pyridine rings is 2. The van der Waals surface area contributed by atoms with Crippen molar-refractivity contribution in [3.63, 3.8) is 0 Å². The van der Waals surface area contributed by atoms with Crippen LogP contribution in [0.5, 0.6) is 0 Å². The summed E-state index contributed by atoms with van der Waals surface area (Å²) in [5.41, 5.74) is 2.11. The molecule has 2 rings (SSSR count). The van der Waals surface area contributed by atoms with Crippen molar-refractivity contribution in [1.29, 1.82) is 0 Å². The van der Waals surface area contributed by atoms with Gasteiger partial charge in [-0.15, -0.1) is 0 Å². The van der Waals surface area contributed by atoms with Crippen LogP contribution in [-0.4, -0.2) is 16.1 Å². The highest BCUT2D eigenvalue weighted by atomic mass is 16.4. The zero-order valence-electron chi connectivity index (χ0n) is 8.58. The van der Waals surface area contributed by atoms with Gasteiger partial charge in [0.2, 0.25) is 6.54 Å². The molecule has 16 heavy (non-hydrogen) atoms. The molecule has 0 fully saturated rings. The van der Waals surface area contributed by atoms with E-state index in [9.17, 15) is 4.79 Å². The van der Waals surface area contributed by atoms with Crippen LogP contribution >= 0.6 is 0 Å². The SMILES string of the molecule is O=C(O)C[n+]1ccc(-c2ccncc2)cc1. The zero-order valence-corrected chi connectivity index (χ0v) is 8.58. The van der Waals surface area contributed by atoms with Crippen LogP contribution in [0.1, 0.15) is 0 Å². The minimum atomic E-state index is -0.846. The molecule has 0 saturated carbocycles. The summed E-state index contributed by atoms with van der Waals surface area (Å²) in [5, 5.41) is 8.62. The van der Waals surface area contributed by atoms with Gasteiger partial charge in [0, 0.05) is 24.5 Å². The Hall–Kier alpha value is -2.23. The van der Waals surface area contributed by atoms with Crippen molar-refractivity contribution in [1.82, 2.24) is 4.98 Å². The van der Waals surface area contributed by atoms with Gasteiger partial charge in [-0.1, -0.05) is 0 Å². The third kappa shape index (κ3) is 2.42. The van der Waals surface area contributed by atoms with Crippen LogP contribution in [0.25, 0.3) is 11.1 Å². The predicted octanol–water partition coefficient (Wildman–Crippen LogP) is 1.12. The molecular formula is C12H11N2O2+. The highest BCUT2D eigenvalue weighted by Crippen LogP contribution is 2.15. The minimum absolute atomic E-state index is 0.0172. The van der Waals surface area contributed by atoms with Gasteiger partial charge >= 0.3 is 5.97 Å². The third-order valence-corrected chi connectivity index (χ3v) is 2.22. The summed E-state index contributed by atoms with van der Waals surface area (Å²) in [6.45, 7) is -0.0172. The summed E-state index contributed by atoms with van der Waals surface area (Å²) >= 11 is 0. The largest absolute Gasteiger partial charge is 0.477 e. The topological polar surface area (TPSA) is 54.1 Å². The van der Waals surface area contributed by atoms with Crippen molar-refractivity contribution in [3.8, 4) is 11.1 Å². The quantitative estimate of drug-likeness (QED) is 0.780. The summed E-state index contributed by atoms with van der Waals surface area (Å²) in [4.78, 5) is 14.4. The van der Waals surface area contributed by atoms with Gasteiger partial charge in [0.1, 0.15) is 0 Å². The third-order valence-electron chi connectivity index (χ3n) is 2.22. The minimum Gasteiger partial charge on any atom is -0.477 e. The molecule has 1 N–H and O–H groups in total. The van der Waals surface area contributed by atoms with Gasteiger partial charge in [-0.05, 0) is 23.3 Å². The maximum absolute atomic E-state index is 10.5. The first kappa shape index (κ1) is 10.3. The van der Waals surface area contributed by atoms with Gasteiger partial charge in [-0.3, -0.25) is 4.98 Å².